The van der Waals surface area contributed by atoms with Crippen molar-refractivity contribution in [3.8, 4) is 17.7 Å². The van der Waals surface area contributed by atoms with Crippen LogP contribution in [-0.2, 0) is 0 Å². The molecule has 2 aromatic rings. The van der Waals surface area contributed by atoms with Crippen LogP contribution in [0.1, 0.15) is 61.9 Å². The van der Waals surface area contributed by atoms with E-state index in [9.17, 15) is 14.7 Å². The number of ether oxygens (including phenoxy) is 1. The third-order valence-corrected chi connectivity index (χ3v) is 7.37. The number of benzene rings is 1. The Hall–Kier alpha value is -3.57. The zero-order valence-electron chi connectivity index (χ0n) is 22.5. The number of carbonyl (C=O) groups excluding carboxylic acids is 2. The average Bonchev–Trinajstić information content (AvgIpc) is 2.94. The largest absolute Gasteiger partial charge is 0.472 e. The van der Waals surface area contributed by atoms with E-state index in [1.54, 1.807) is 29.1 Å². The summed E-state index contributed by atoms with van der Waals surface area (Å²) in [5.41, 5.74) is 1.71. The number of para-hydroxylation sites is 1. The van der Waals surface area contributed by atoms with Crippen molar-refractivity contribution in [2.24, 2.45) is 11.8 Å². The number of nitrogens with zero attached hydrogens (tertiary/aromatic N) is 3. The predicted molar refractivity (Wildman–Crippen MR) is 147 cm³/mol. The summed E-state index contributed by atoms with van der Waals surface area (Å²) in [5.74, 6) is 6.82. The molecule has 3 amide bonds. The summed E-state index contributed by atoms with van der Waals surface area (Å²) >= 11 is 0. The van der Waals surface area contributed by atoms with Crippen LogP contribution in [0.15, 0.2) is 42.6 Å². The first kappa shape index (κ1) is 27.5. The molecule has 1 saturated carbocycles. The van der Waals surface area contributed by atoms with Gasteiger partial charge in [0, 0.05) is 42.9 Å². The maximum absolute atomic E-state index is 13.6. The number of nitrogens with one attached hydrogen (secondary N) is 1. The number of carbonyl (C=O) groups is 2. The molecule has 8 heteroatoms. The van der Waals surface area contributed by atoms with Gasteiger partial charge in [0.05, 0.1) is 19.2 Å². The summed E-state index contributed by atoms with van der Waals surface area (Å²) in [6, 6.07) is 10.4. The lowest BCUT2D eigenvalue weighted by atomic mass is 9.90. The monoisotopic (exact) mass is 518 g/mol. The van der Waals surface area contributed by atoms with Crippen LogP contribution in [0, 0.1) is 23.7 Å². The molecule has 1 aliphatic carbocycles. The molecule has 2 heterocycles. The van der Waals surface area contributed by atoms with E-state index in [0.717, 1.165) is 12.8 Å². The van der Waals surface area contributed by atoms with Crippen molar-refractivity contribution < 1.29 is 19.4 Å². The number of rotatable bonds is 5. The van der Waals surface area contributed by atoms with E-state index in [0.29, 0.717) is 35.8 Å². The molecule has 202 valence electrons. The molecular formula is C30H38N4O4. The second-order valence-corrected chi connectivity index (χ2v) is 10.5. The molecule has 0 bridgehead atoms. The summed E-state index contributed by atoms with van der Waals surface area (Å²) in [7, 11) is 1.71. The first-order valence-electron chi connectivity index (χ1n) is 13.5. The highest BCUT2D eigenvalue weighted by Gasteiger charge is 2.34. The Bertz CT molecular complexity index is 1170. The highest BCUT2D eigenvalue weighted by Crippen LogP contribution is 2.28. The number of aliphatic hydroxyl groups excluding tert-OH is 1. The van der Waals surface area contributed by atoms with Crippen LogP contribution in [0.4, 0.5) is 10.5 Å². The van der Waals surface area contributed by atoms with Gasteiger partial charge in [-0.05, 0) is 38.0 Å². The first-order chi connectivity index (χ1) is 18.4. The van der Waals surface area contributed by atoms with E-state index in [1.165, 1.54) is 19.3 Å². The summed E-state index contributed by atoms with van der Waals surface area (Å²) < 4.78 is 6.31. The van der Waals surface area contributed by atoms with Crippen molar-refractivity contribution in [3.63, 3.8) is 0 Å². The van der Waals surface area contributed by atoms with E-state index in [-0.39, 0.29) is 36.4 Å². The first-order valence-corrected chi connectivity index (χ1v) is 13.5. The zero-order valence-corrected chi connectivity index (χ0v) is 22.5. The Morgan fingerprint density at radius 3 is 2.71 bits per heavy atom. The van der Waals surface area contributed by atoms with Gasteiger partial charge in [-0.15, -0.1) is 0 Å². The fraction of sp³-hybridized carbons (Fsp3) is 0.500. The molecule has 0 saturated heterocycles. The number of amides is 3. The van der Waals surface area contributed by atoms with Crippen molar-refractivity contribution >= 4 is 17.6 Å². The number of aromatic nitrogens is 1. The smallest absolute Gasteiger partial charge is 0.321 e. The Labute approximate surface area is 225 Å². The van der Waals surface area contributed by atoms with Crippen LogP contribution in [0.5, 0.6) is 5.88 Å². The molecule has 1 aromatic heterocycles. The molecule has 0 unspecified atom stereocenters. The maximum atomic E-state index is 13.6. The second kappa shape index (κ2) is 12.8. The van der Waals surface area contributed by atoms with E-state index < -0.39 is 6.10 Å². The molecule has 2 N–H and O–H groups in total. The van der Waals surface area contributed by atoms with Gasteiger partial charge in [-0.2, -0.15) is 0 Å². The number of pyridine rings is 1. The normalized spacial score (nSPS) is 20.6. The number of hydrogen-bond donors (Lipinski definition) is 2. The number of hydrogen-bond acceptors (Lipinski definition) is 5. The SMILES string of the molecule is C[C@@H]1CN([C@H](C)CO)C(=O)c2cc(C#CC3CCCCC3)cnc2O[C@@H]1CN(C)C(=O)Nc1ccccc1. The molecule has 8 nitrogen and oxygen atoms in total. The van der Waals surface area contributed by atoms with Crippen LogP contribution >= 0.6 is 0 Å². The van der Waals surface area contributed by atoms with Crippen LogP contribution in [0.25, 0.3) is 0 Å². The minimum Gasteiger partial charge on any atom is -0.472 e. The van der Waals surface area contributed by atoms with E-state index in [1.807, 2.05) is 44.2 Å². The summed E-state index contributed by atoms with van der Waals surface area (Å²) in [6.07, 6.45) is 7.13. The van der Waals surface area contributed by atoms with Gasteiger partial charge in [0.2, 0.25) is 5.88 Å². The molecular weight excluding hydrogens is 480 g/mol. The third kappa shape index (κ3) is 6.84. The second-order valence-electron chi connectivity index (χ2n) is 10.5. The van der Waals surface area contributed by atoms with Gasteiger partial charge in [-0.1, -0.05) is 56.2 Å². The van der Waals surface area contributed by atoms with Gasteiger partial charge >= 0.3 is 6.03 Å². The van der Waals surface area contributed by atoms with Gasteiger partial charge in [-0.3, -0.25) is 4.79 Å². The van der Waals surface area contributed by atoms with Crippen LogP contribution in [0.2, 0.25) is 0 Å². The van der Waals surface area contributed by atoms with Crippen LogP contribution < -0.4 is 10.1 Å². The van der Waals surface area contributed by atoms with Crippen LogP contribution in [-0.4, -0.2) is 70.7 Å². The third-order valence-electron chi connectivity index (χ3n) is 7.37. The standard InChI is InChI=1S/C30H38N4O4/c1-21-18-34(22(2)20-35)29(36)26-16-24(15-14-23-10-6-4-7-11-23)17-31-28(26)38-27(21)19-33(3)30(37)32-25-12-8-5-9-13-25/h5,8-9,12-13,16-17,21-23,27,35H,4,6-7,10-11,18-20H2,1-3H3,(H,32,37)/t21-,22-,27-/m1/s1. The number of fused-ring (bicyclic) bond motifs is 1. The molecule has 1 aromatic carbocycles. The fourth-order valence-corrected chi connectivity index (χ4v) is 4.91. The van der Waals surface area contributed by atoms with Crippen molar-refractivity contribution in [3.05, 3.63) is 53.7 Å². The van der Waals surface area contributed by atoms with Crippen molar-refractivity contribution in [2.75, 3.05) is 32.1 Å². The molecule has 0 radical (unpaired) electrons. The molecule has 2 aliphatic rings. The van der Waals surface area contributed by atoms with E-state index in [4.69, 9.17) is 4.74 Å². The quantitative estimate of drug-likeness (QED) is 0.573. The highest BCUT2D eigenvalue weighted by molar-refractivity contribution is 5.97. The van der Waals surface area contributed by atoms with Gasteiger partial charge in [-0.25, -0.2) is 9.78 Å². The van der Waals surface area contributed by atoms with Gasteiger partial charge in [0.25, 0.3) is 5.91 Å². The maximum Gasteiger partial charge on any atom is 0.321 e. The summed E-state index contributed by atoms with van der Waals surface area (Å²) in [4.78, 5) is 34.2. The van der Waals surface area contributed by atoms with Crippen molar-refractivity contribution in [1.82, 2.24) is 14.8 Å². The summed E-state index contributed by atoms with van der Waals surface area (Å²) in [5, 5.41) is 12.8. The molecule has 1 aliphatic heterocycles. The van der Waals surface area contributed by atoms with Crippen molar-refractivity contribution in [1.29, 1.82) is 0 Å². The topological polar surface area (TPSA) is 95.0 Å². The van der Waals surface area contributed by atoms with Gasteiger partial charge < -0.3 is 25.0 Å². The van der Waals surface area contributed by atoms with Gasteiger partial charge in [0.15, 0.2) is 0 Å². The van der Waals surface area contributed by atoms with Crippen LogP contribution in [0.3, 0.4) is 0 Å². The minimum absolute atomic E-state index is 0.124. The van der Waals surface area contributed by atoms with Gasteiger partial charge in [0.1, 0.15) is 11.7 Å². The minimum atomic E-state index is -0.423. The zero-order chi connectivity index (χ0) is 27.1. The molecule has 3 atom stereocenters. The fourth-order valence-electron chi connectivity index (χ4n) is 4.91. The number of urea groups is 1. The Morgan fingerprint density at radius 2 is 2.00 bits per heavy atom. The van der Waals surface area contributed by atoms with E-state index >= 15 is 0 Å². The Balaban J connectivity index is 1.57. The summed E-state index contributed by atoms with van der Waals surface area (Å²) in [6.45, 7) is 4.30. The number of likely N-dealkylation sites (N-methyl/N-ethyl adjacent to an activating group) is 1. The lowest BCUT2D eigenvalue weighted by molar-refractivity contribution is 0.0356. The highest BCUT2D eigenvalue weighted by atomic mass is 16.5. The molecule has 0 spiro atoms. The Kier molecular flexibility index (Phi) is 9.24. The average molecular weight is 519 g/mol. The number of anilines is 1. The predicted octanol–water partition coefficient (Wildman–Crippen LogP) is 4.40. The molecule has 4 rings (SSSR count). The van der Waals surface area contributed by atoms with E-state index in [2.05, 4.69) is 22.1 Å². The molecule has 38 heavy (non-hydrogen) atoms. The molecule has 1 fully saturated rings. The lowest BCUT2D eigenvalue weighted by Gasteiger charge is -2.37. The van der Waals surface area contributed by atoms with Crippen molar-refractivity contribution in [2.45, 2.75) is 58.1 Å². The Morgan fingerprint density at radius 1 is 1.26 bits per heavy atom. The lowest BCUT2D eigenvalue weighted by Crippen LogP contribution is -2.50. The number of aliphatic hydroxyl groups is 1.